The molecule has 0 bridgehead atoms. The first-order chi connectivity index (χ1) is 7.15. The van der Waals surface area contributed by atoms with E-state index in [0.717, 1.165) is 19.2 Å². The number of rotatable bonds is 5. The summed E-state index contributed by atoms with van der Waals surface area (Å²) in [7, 11) is 0. The first kappa shape index (κ1) is 13.1. The van der Waals surface area contributed by atoms with E-state index in [-0.39, 0.29) is 0 Å². The molecule has 0 fully saturated rings. The van der Waals surface area contributed by atoms with E-state index in [2.05, 4.69) is 54.4 Å². The molecule has 0 unspecified atom stereocenters. The van der Waals surface area contributed by atoms with Crippen LogP contribution in [-0.2, 0) is 4.74 Å². The molecule has 0 atom stereocenters. The largest absolute Gasteiger partial charge is 0.498 e. The number of ether oxygens (including phenoxy) is 2. The Hall–Kier alpha value is -0.000000000000000111. The summed E-state index contributed by atoms with van der Waals surface area (Å²) < 4.78 is 13.3. The molecule has 0 aromatic heterocycles. The van der Waals surface area contributed by atoms with Gasteiger partial charge in [-0.3, -0.25) is 0 Å². The predicted molar refractivity (Wildman–Crippen MR) is 71.2 cm³/mol. The van der Waals surface area contributed by atoms with Gasteiger partial charge in [-0.2, -0.15) is 0 Å². The van der Waals surface area contributed by atoms with Gasteiger partial charge >= 0.3 is 0 Å². The third-order valence-corrected chi connectivity index (χ3v) is 3.16. The zero-order valence-electron chi connectivity index (χ0n) is 7.80. The van der Waals surface area contributed by atoms with Crippen LogP contribution in [0.1, 0.15) is 0 Å². The van der Waals surface area contributed by atoms with Crippen molar-refractivity contribution in [3.63, 3.8) is 0 Å². The summed E-state index contributed by atoms with van der Waals surface area (Å²) in [6.07, 6.45) is 1.40. The third kappa shape index (κ3) is 4.17. The molecule has 1 aromatic carbocycles. The minimum absolute atomic E-state index is 0.477. The number of hydrogen-bond acceptors (Lipinski definition) is 2. The highest BCUT2D eigenvalue weighted by Crippen LogP contribution is 2.36. The van der Waals surface area contributed by atoms with E-state index in [9.17, 15) is 0 Å². The van der Waals surface area contributed by atoms with E-state index in [4.69, 9.17) is 9.47 Å². The first-order valence-electron chi connectivity index (χ1n) is 4.15. The van der Waals surface area contributed by atoms with Gasteiger partial charge in [-0.1, -0.05) is 22.5 Å². The van der Waals surface area contributed by atoms with E-state index < -0.39 is 0 Å². The summed E-state index contributed by atoms with van der Waals surface area (Å²) in [6, 6.07) is 3.85. The minimum atomic E-state index is 0.477. The molecule has 0 amide bonds. The molecule has 0 aliphatic carbocycles. The van der Waals surface area contributed by atoms with Gasteiger partial charge in [0.15, 0.2) is 0 Å². The quantitative estimate of drug-likeness (QED) is 0.534. The van der Waals surface area contributed by atoms with Crippen molar-refractivity contribution in [1.29, 1.82) is 0 Å². The molecule has 1 rings (SSSR count). The van der Waals surface area contributed by atoms with Crippen molar-refractivity contribution in [2.75, 3.05) is 13.2 Å². The van der Waals surface area contributed by atoms with Crippen LogP contribution < -0.4 is 4.74 Å². The van der Waals surface area contributed by atoms with Crippen molar-refractivity contribution in [2.45, 2.75) is 0 Å². The van der Waals surface area contributed by atoms with Crippen LogP contribution in [-0.4, -0.2) is 13.2 Å². The normalized spacial score (nSPS) is 9.80. The molecule has 0 N–H and O–H groups in total. The molecule has 0 aliphatic rings. The van der Waals surface area contributed by atoms with Crippen LogP contribution in [0.15, 0.2) is 38.4 Å². The van der Waals surface area contributed by atoms with E-state index in [0.29, 0.717) is 13.2 Å². The summed E-state index contributed by atoms with van der Waals surface area (Å²) >= 11 is 10.2. The van der Waals surface area contributed by atoms with Gasteiger partial charge in [-0.25, -0.2) is 0 Å². The number of benzene rings is 1. The van der Waals surface area contributed by atoms with Crippen molar-refractivity contribution < 1.29 is 9.47 Å². The highest BCUT2D eigenvalue weighted by Gasteiger charge is 2.07. The molecule has 1 aromatic rings. The lowest BCUT2D eigenvalue weighted by Gasteiger charge is -2.10. The zero-order chi connectivity index (χ0) is 11.3. The first-order valence-corrected chi connectivity index (χ1v) is 6.53. The van der Waals surface area contributed by atoms with E-state index >= 15 is 0 Å². The Bertz CT molecular complexity index is 330. The predicted octanol–water partition coefficient (Wildman–Crippen LogP) is 4.51. The van der Waals surface area contributed by atoms with Gasteiger partial charge in [-0.15, -0.1) is 0 Å². The summed E-state index contributed by atoms with van der Waals surface area (Å²) in [6.45, 7) is 4.41. The molecule has 0 saturated carbocycles. The van der Waals surface area contributed by atoms with Gasteiger partial charge in [0.2, 0.25) is 0 Å². The second-order valence-electron chi connectivity index (χ2n) is 2.58. The number of halogens is 3. The van der Waals surface area contributed by atoms with Gasteiger partial charge in [0.1, 0.15) is 19.0 Å². The Labute approximate surface area is 114 Å². The highest BCUT2D eigenvalue weighted by atomic mass is 79.9. The van der Waals surface area contributed by atoms with Gasteiger partial charge in [0, 0.05) is 4.47 Å². The zero-order valence-corrected chi connectivity index (χ0v) is 12.6. The van der Waals surface area contributed by atoms with Crippen LogP contribution in [0.2, 0.25) is 0 Å². The standard InChI is InChI=1S/C10H9Br3O2/c1-2-14-3-4-15-10-8(12)5-7(11)6-9(10)13/h2,5-6H,1,3-4H2. The van der Waals surface area contributed by atoms with E-state index in [1.54, 1.807) is 0 Å². The van der Waals surface area contributed by atoms with Crippen LogP contribution in [0.25, 0.3) is 0 Å². The average Bonchev–Trinajstić information content (AvgIpc) is 2.15. The molecule has 82 valence electrons. The maximum absolute atomic E-state index is 5.54. The fourth-order valence-corrected chi connectivity index (χ4v) is 3.43. The van der Waals surface area contributed by atoms with Crippen LogP contribution in [0, 0.1) is 0 Å². The maximum atomic E-state index is 5.54. The lowest BCUT2D eigenvalue weighted by molar-refractivity contribution is 0.178. The molecule has 15 heavy (non-hydrogen) atoms. The minimum Gasteiger partial charge on any atom is -0.498 e. The lowest BCUT2D eigenvalue weighted by Crippen LogP contribution is -2.04. The molecule has 0 spiro atoms. The van der Waals surface area contributed by atoms with Crippen molar-refractivity contribution in [3.8, 4) is 5.75 Å². The number of hydrogen-bond donors (Lipinski definition) is 0. The van der Waals surface area contributed by atoms with Gasteiger partial charge in [0.05, 0.1) is 15.2 Å². The van der Waals surface area contributed by atoms with Crippen molar-refractivity contribution in [2.24, 2.45) is 0 Å². The molecule has 0 radical (unpaired) electrons. The maximum Gasteiger partial charge on any atom is 0.147 e. The Morgan fingerprint density at radius 1 is 1.13 bits per heavy atom. The van der Waals surface area contributed by atoms with Gasteiger partial charge < -0.3 is 9.47 Å². The SMILES string of the molecule is C=COCCOc1c(Br)cc(Br)cc1Br. The Morgan fingerprint density at radius 2 is 1.73 bits per heavy atom. The Morgan fingerprint density at radius 3 is 2.27 bits per heavy atom. The fraction of sp³-hybridized carbons (Fsp3) is 0.200. The average molecular weight is 401 g/mol. The van der Waals surface area contributed by atoms with Crippen molar-refractivity contribution in [3.05, 3.63) is 38.4 Å². The fourth-order valence-electron chi connectivity index (χ4n) is 0.942. The Balaban J connectivity index is 2.64. The summed E-state index contributed by atoms with van der Waals surface area (Å²) in [5.41, 5.74) is 0. The van der Waals surface area contributed by atoms with Gasteiger partial charge in [0.25, 0.3) is 0 Å². The highest BCUT2D eigenvalue weighted by molar-refractivity contribution is 9.11. The van der Waals surface area contributed by atoms with Gasteiger partial charge in [-0.05, 0) is 44.0 Å². The van der Waals surface area contributed by atoms with Crippen LogP contribution in [0.3, 0.4) is 0 Å². The molecule has 5 heteroatoms. The summed E-state index contributed by atoms with van der Waals surface area (Å²) in [5, 5.41) is 0. The smallest absolute Gasteiger partial charge is 0.147 e. The van der Waals surface area contributed by atoms with Crippen LogP contribution >= 0.6 is 47.8 Å². The summed E-state index contributed by atoms with van der Waals surface area (Å²) in [4.78, 5) is 0. The van der Waals surface area contributed by atoms with E-state index in [1.807, 2.05) is 12.1 Å². The topological polar surface area (TPSA) is 18.5 Å². The Kier molecular flexibility index (Phi) is 5.71. The molecule has 2 nitrogen and oxygen atoms in total. The molecule has 0 aliphatic heterocycles. The van der Waals surface area contributed by atoms with Crippen LogP contribution in [0.4, 0.5) is 0 Å². The molecule has 0 saturated heterocycles. The van der Waals surface area contributed by atoms with Crippen molar-refractivity contribution >= 4 is 47.8 Å². The molecule has 0 heterocycles. The van der Waals surface area contributed by atoms with Crippen LogP contribution in [0.5, 0.6) is 5.75 Å². The lowest BCUT2D eigenvalue weighted by atomic mass is 10.3. The summed E-state index contributed by atoms with van der Waals surface area (Å²) in [5.74, 6) is 0.769. The molecular formula is C10H9Br3O2. The second-order valence-corrected chi connectivity index (χ2v) is 5.21. The molecular weight excluding hydrogens is 392 g/mol. The van der Waals surface area contributed by atoms with E-state index in [1.165, 1.54) is 6.26 Å². The van der Waals surface area contributed by atoms with Crippen molar-refractivity contribution in [1.82, 2.24) is 0 Å². The third-order valence-electron chi connectivity index (χ3n) is 1.53. The second kappa shape index (κ2) is 6.55. The monoisotopic (exact) mass is 398 g/mol.